The van der Waals surface area contributed by atoms with E-state index in [0.29, 0.717) is 11.3 Å². The molecule has 3 nitrogen and oxygen atoms in total. The third-order valence-corrected chi connectivity index (χ3v) is 3.55. The highest BCUT2D eigenvalue weighted by molar-refractivity contribution is 9.10. The maximum atomic E-state index is 11.0. The van der Waals surface area contributed by atoms with E-state index in [1.165, 1.54) is 0 Å². The van der Waals surface area contributed by atoms with Gasteiger partial charge in [0.15, 0.2) is 0 Å². The monoisotopic (exact) mass is 314 g/mol. The van der Waals surface area contributed by atoms with E-state index < -0.39 is 10.8 Å². The van der Waals surface area contributed by atoms with Gasteiger partial charge in [0.25, 0.3) is 0 Å². The van der Waals surface area contributed by atoms with Gasteiger partial charge in [0, 0.05) is 39.0 Å². The number of anilines is 1. The molecule has 1 aromatic rings. The predicted molar refractivity (Wildman–Crippen MR) is 75.5 cm³/mol. The topological polar surface area (TPSA) is 52.9 Å². The van der Waals surface area contributed by atoms with E-state index in [0.717, 1.165) is 16.6 Å². The number of nitriles is 1. The van der Waals surface area contributed by atoms with Crippen LogP contribution in [-0.4, -0.2) is 22.3 Å². The minimum absolute atomic E-state index is 0.236. The van der Waals surface area contributed by atoms with E-state index >= 15 is 0 Å². The second-order valence-corrected chi connectivity index (χ2v) is 6.42. The lowest BCUT2D eigenvalue weighted by Crippen LogP contribution is -2.17. The van der Waals surface area contributed by atoms with Crippen molar-refractivity contribution in [1.29, 1.82) is 5.26 Å². The van der Waals surface area contributed by atoms with Crippen LogP contribution in [0.5, 0.6) is 0 Å². The lowest BCUT2D eigenvalue weighted by atomic mass is 10.2. The summed E-state index contributed by atoms with van der Waals surface area (Å²) in [5, 5.41) is 12.2. The molecule has 0 saturated carbocycles. The lowest BCUT2D eigenvalue weighted by molar-refractivity contribution is 0.678. The Balaban J connectivity index is 2.65. The number of benzene rings is 1. The first-order chi connectivity index (χ1) is 8.01. The van der Waals surface area contributed by atoms with Gasteiger partial charge in [-0.25, -0.2) is 0 Å². The molecule has 0 aliphatic carbocycles. The molecule has 0 amide bonds. The maximum Gasteiger partial charge on any atom is 0.0992 e. The van der Waals surface area contributed by atoms with E-state index in [1.807, 2.05) is 19.1 Å². The van der Waals surface area contributed by atoms with E-state index in [9.17, 15) is 4.21 Å². The van der Waals surface area contributed by atoms with Crippen molar-refractivity contribution in [2.24, 2.45) is 0 Å². The molecular formula is C12H15BrN2OS. The van der Waals surface area contributed by atoms with E-state index in [2.05, 4.69) is 27.3 Å². The summed E-state index contributed by atoms with van der Waals surface area (Å²) >= 11 is 3.37. The first-order valence-corrected chi connectivity index (χ1v) is 7.80. The van der Waals surface area contributed by atoms with Gasteiger partial charge in [0.1, 0.15) is 0 Å². The molecule has 0 heterocycles. The predicted octanol–water partition coefficient (Wildman–Crippen LogP) is 2.89. The van der Waals surface area contributed by atoms with Crippen LogP contribution in [-0.2, 0) is 10.8 Å². The van der Waals surface area contributed by atoms with Crippen LogP contribution >= 0.6 is 15.9 Å². The van der Waals surface area contributed by atoms with Gasteiger partial charge in [0.2, 0.25) is 0 Å². The summed E-state index contributed by atoms with van der Waals surface area (Å²) in [4.78, 5) is 0. The van der Waals surface area contributed by atoms with Crippen molar-refractivity contribution in [2.45, 2.75) is 19.4 Å². The third kappa shape index (κ3) is 5.33. The second-order valence-electron chi connectivity index (χ2n) is 3.95. The molecule has 0 aliphatic rings. The SMILES string of the molecule is CC(CCS(C)=O)Nc1cc(Br)cc(C#N)c1. The van der Waals surface area contributed by atoms with Crippen molar-refractivity contribution in [1.82, 2.24) is 0 Å². The Labute approximate surface area is 113 Å². The zero-order valence-electron chi connectivity index (χ0n) is 9.87. The van der Waals surface area contributed by atoms with Gasteiger partial charge in [-0.05, 0) is 31.5 Å². The Morgan fingerprint density at radius 2 is 2.24 bits per heavy atom. The largest absolute Gasteiger partial charge is 0.382 e. The fraction of sp³-hybridized carbons (Fsp3) is 0.417. The Kier molecular flexibility index (Phi) is 5.66. The second kappa shape index (κ2) is 6.77. The number of hydrogen-bond acceptors (Lipinski definition) is 3. The highest BCUT2D eigenvalue weighted by atomic mass is 79.9. The van der Waals surface area contributed by atoms with Crippen molar-refractivity contribution in [3.05, 3.63) is 28.2 Å². The van der Waals surface area contributed by atoms with Crippen molar-refractivity contribution in [2.75, 3.05) is 17.3 Å². The number of hydrogen-bond donors (Lipinski definition) is 1. The van der Waals surface area contributed by atoms with Gasteiger partial charge in [-0.2, -0.15) is 5.26 Å². The number of nitrogens with zero attached hydrogens (tertiary/aromatic N) is 1. The molecule has 1 rings (SSSR count). The first kappa shape index (κ1) is 14.2. The quantitative estimate of drug-likeness (QED) is 0.909. The summed E-state index contributed by atoms with van der Waals surface area (Å²) in [6.07, 6.45) is 2.55. The molecule has 0 spiro atoms. The molecule has 92 valence electrons. The van der Waals surface area contributed by atoms with Gasteiger partial charge in [0.05, 0.1) is 11.6 Å². The summed E-state index contributed by atoms with van der Waals surface area (Å²) in [7, 11) is -0.756. The Hall–Kier alpha value is -0.860. The van der Waals surface area contributed by atoms with E-state index in [1.54, 1.807) is 12.3 Å². The highest BCUT2D eigenvalue weighted by Crippen LogP contribution is 2.20. The van der Waals surface area contributed by atoms with Gasteiger partial charge >= 0.3 is 0 Å². The van der Waals surface area contributed by atoms with Crippen molar-refractivity contribution in [3.8, 4) is 6.07 Å². The van der Waals surface area contributed by atoms with Crippen LogP contribution in [0.1, 0.15) is 18.9 Å². The van der Waals surface area contributed by atoms with Gasteiger partial charge in [-0.1, -0.05) is 15.9 Å². The molecule has 0 radical (unpaired) electrons. The van der Waals surface area contributed by atoms with Crippen LogP contribution in [0, 0.1) is 11.3 Å². The smallest absolute Gasteiger partial charge is 0.0992 e. The van der Waals surface area contributed by atoms with E-state index in [-0.39, 0.29) is 6.04 Å². The highest BCUT2D eigenvalue weighted by Gasteiger charge is 2.05. The number of nitrogens with one attached hydrogen (secondary N) is 1. The lowest BCUT2D eigenvalue weighted by Gasteiger charge is -2.15. The van der Waals surface area contributed by atoms with Gasteiger partial charge in [-0.3, -0.25) is 4.21 Å². The molecular weight excluding hydrogens is 300 g/mol. The van der Waals surface area contributed by atoms with Crippen LogP contribution < -0.4 is 5.32 Å². The number of rotatable bonds is 5. The standard InChI is InChI=1S/C12H15BrN2OS/c1-9(3-4-17(2)16)15-12-6-10(8-14)5-11(13)7-12/h5-7,9,15H,3-4H2,1-2H3. The summed E-state index contributed by atoms with van der Waals surface area (Å²) in [5.74, 6) is 0.688. The van der Waals surface area contributed by atoms with Crippen LogP contribution in [0.3, 0.4) is 0 Å². The fourth-order valence-electron chi connectivity index (χ4n) is 1.44. The normalized spacial score (nSPS) is 13.8. The van der Waals surface area contributed by atoms with Gasteiger partial charge in [-0.15, -0.1) is 0 Å². The molecule has 0 saturated heterocycles. The van der Waals surface area contributed by atoms with Gasteiger partial charge < -0.3 is 5.32 Å². The maximum absolute atomic E-state index is 11.0. The zero-order valence-corrected chi connectivity index (χ0v) is 12.3. The molecule has 1 N–H and O–H groups in total. The summed E-state index contributed by atoms with van der Waals surface area (Å²) in [6, 6.07) is 7.86. The summed E-state index contributed by atoms with van der Waals surface area (Å²) in [5.41, 5.74) is 1.53. The molecule has 0 aliphatic heterocycles. The number of halogens is 1. The van der Waals surface area contributed by atoms with Crippen LogP contribution in [0.25, 0.3) is 0 Å². The molecule has 5 heteroatoms. The molecule has 2 atom stereocenters. The van der Waals surface area contributed by atoms with Crippen LogP contribution in [0.15, 0.2) is 22.7 Å². The average Bonchev–Trinajstić information content (AvgIpc) is 2.25. The van der Waals surface area contributed by atoms with Crippen LogP contribution in [0.4, 0.5) is 5.69 Å². The Morgan fingerprint density at radius 1 is 1.53 bits per heavy atom. The summed E-state index contributed by atoms with van der Waals surface area (Å²) < 4.78 is 11.9. The molecule has 17 heavy (non-hydrogen) atoms. The molecule has 0 fully saturated rings. The fourth-order valence-corrected chi connectivity index (χ4v) is 2.62. The zero-order chi connectivity index (χ0) is 12.8. The molecule has 1 aromatic carbocycles. The minimum atomic E-state index is -0.756. The minimum Gasteiger partial charge on any atom is -0.382 e. The van der Waals surface area contributed by atoms with Crippen LogP contribution in [0.2, 0.25) is 0 Å². The van der Waals surface area contributed by atoms with Crippen molar-refractivity contribution in [3.63, 3.8) is 0 Å². The first-order valence-electron chi connectivity index (χ1n) is 5.28. The molecule has 0 bridgehead atoms. The van der Waals surface area contributed by atoms with Crippen molar-refractivity contribution < 1.29 is 4.21 Å². The summed E-state index contributed by atoms with van der Waals surface area (Å²) in [6.45, 7) is 2.04. The molecule has 0 aromatic heterocycles. The van der Waals surface area contributed by atoms with Crippen molar-refractivity contribution >= 4 is 32.4 Å². The Morgan fingerprint density at radius 3 is 2.82 bits per heavy atom. The molecule has 2 unspecified atom stereocenters. The average molecular weight is 315 g/mol. The van der Waals surface area contributed by atoms with E-state index in [4.69, 9.17) is 5.26 Å². The Bertz CT molecular complexity index is 456. The third-order valence-electron chi connectivity index (χ3n) is 2.28.